The van der Waals surface area contributed by atoms with Gasteiger partial charge < -0.3 is 5.32 Å². The van der Waals surface area contributed by atoms with E-state index in [-0.39, 0.29) is 11.5 Å². The van der Waals surface area contributed by atoms with Crippen molar-refractivity contribution in [3.63, 3.8) is 0 Å². The molecule has 5 heteroatoms. The number of nitrogens with zero attached hydrogens (tertiary/aromatic N) is 1. The molecule has 0 fully saturated rings. The minimum absolute atomic E-state index is 0.251. The van der Waals surface area contributed by atoms with Crippen LogP contribution >= 0.6 is 23.2 Å². The number of pyridine rings is 1. The first kappa shape index (κ1) is 11.9. The molecule has 0 atom stereocenters. The van der Waals surface area contributed by atoms with Gasteiger partial charge in [-0.1, -0.05) is 35.3 Å². The second-order valence-electron chi connectivity index (χ2n) is 3.27. The molecule has 0 aliphatic rings. The lowest BCUT2D eigenvalue weighted by Gasteiger charge is -2.07. The lowest BCUT2D eigenvalue weighted by atomic mass is 10.2. The van der Waals surface area contributed by atoms with Gasteiger partial charge in [-0.3, -0.25) is 4.79 Å². The fraction of sp³-hybridized carbons (Fsp3) is 0. The third-order valence-corrected chi connectivity index (χ3v) is 2.73. The van der Waals surface area contributed by atoms with Crippen LogP contribution < -0.4 is 5.32 Å². The Morgan fingerprint density at radius 2 is 1.76 bits per heavy atom. The van der Waals surface area contributed by atoms with Gasteiger partial charge in [0, 0.05) is 6.20 Å². The summed E-state index contributed by atoms with van der Waals surface area (Å²) in [5.41, 5.74) is 0.251. The predicted octanol–water partition coefficient (Wildman–Crippen LogP) is 3.64. The Hall–Kier alpha value is -1.58. The van der Waals surface area contributed by atoms with Crippen molar-refractivity contribution in [3.8, 4) is 0 Å². The van der Waals surface area contributed by atoms with Crippen molar-refractivity contribution in [3.05, 3.63) is 58.2 Å². The molecular weight excluding hydrogens is 259 g/mol. The minimum atomic E-state index is -0.376. The Kier molecular flexibility index (Phi) is 3.61. The molecule has 1 aromatic carbocycles. The van der Waals surface area contributed by atoms with Crippen molar-refractivity contribution >= 4 is 34.9 Å². The molecule has 0 saturated carbocycles. The van der Waals surface area contributed by atoms with Crippen LogP contribution in [0.5, 0.6) is 0 Å². The van der Waals surface area contributed by atoms with Crippen LogP contribution in [0.25, 0.3) is 0 Å². The molecular formula is C12H8Cl2N2O. The van der Waals surface area contributed by atoms with E-state index in [4.69, 9.17) is 23.2 Å². The van der Waals surface area contributed by atoms with Crippen LogP contribution in [0.1, 0.15) is 10.4 Å². The highest BCUT2D eigenvalue weighted by Gasteiger charge is 2.14. The number of anilines is 1. The van der Waals surface area contributed by atoms with Crippen LogP contribution in [-0.2, 0) is 0 Å². The smallest absolute Gasteiger partial charge is 0.259 e. The van der Waals surface area contributed by atoms with Gasteiger partial charge in [-0.25, -0.2) is 4.98 Å². The van der Waals surface area contributed by atoms with Gasteiger partial charge in [-0.15, -0.1) is 0 Å². The summed E-state index contributed by atoms with van der Waals surface area (Å²) in [6.45, 7) is 0. The molecule has 0 radical (unpaired) electrons. The molecule has 1 heterocycles. The van der Waals surface area contributed by atoms with Gasteiger partial charge in [-0.05, 0) is 24.3 Å². The minimum Gasteiger partial charge on any atom is -0.306 e. The van der Waals surface area contributed by atoms with E-state index < -0.39 is 0 Å². The maximum Gasteiger partial charge on any atom is 0.259 e. The van der Waals surface area contributed by atoms with Crippen molar-refractivity contribution in [2.75, 3.05) is 5.32 Å². The summed E-state index contributed by atoms with van der Waals surface area (Å²) in [5, 5.41) is 3.24. The van der Waals surface area contributed by atoms with Crippen LogP contribution in [0.15, 0.2) is 42.6 Å². The Balaban J connectivity index is 2.27. The lowest BCUT2D eigenvalue weighted by Crippen LogP contribution is -2.13. The number of halogens is 2. The molecule has 0 aliphatic heterocycles. The topological polar surface area (TPSA) is 42.0 Å². The number of hydrogen-bond acceptors (Lipinski definition) is 2. The van der Waals surface area contributed by atoms with E-state index >= 15 is 0 Å². The Morgan fingerprint density at radius 3 is 2.35 bits per heavy atom. The fourth-order valence-electron chi connectivity index (χ4n) is 1.33. The van der Waals surface area contributed by atoms with E-state index in [9.17, 15) is 4.79 Å². The first-order valence-electron chi connectivity index (χ1n) is 4.85. The SMILES string of the molecule is O=C(Nc1ccccn1)c1c(Cl)cccc1Cl. The van der Waals surface area contributed by atoms with E-state index in [0.29, 0.717) is 15.9 Å². The summed E-state index contributed by atoms with van der Waals surface area (Å²) in [6.07, 6.45) is 1.59. The molecule has 1 amide bonds. The van der Waals surface area contributed by atoms with Crippen LogP contribution in [0.3, 0.4) is 0 Å². The highest BCUT2D eigenvalue weighted by molar-refractivity contribution is 6.40. The van der Waals surface area contributed by atoms with E-state index in [1.54, 1.807) is 42.6 Å². The van der Waals surface area contributed by atoms with Crippen molar-refractivity contribution in [1.29, 1.82) is 0 Å². The number of amides is 1. The molecule has 2 rings (SSSR count). The average Bonchev–Trinajstić information content (AvgIpc) is 2.30. The highest BCUT2D eigenvalue weighted by Crippen LogP contribution is 2.24. The lowest BCUT2D eigenvalue weighted by molar-refractivity contribution is 0.102. The summed E-state index contributed by atoms with van der Waals surface area (Å²) >= 11 is 11.8. The molecule has 0 spiro atoms. The Morgan fingerprint density at radius 1 is 1.06 bits per heavy atom. The van der Waals surface area contributed by atoms with Gasteiger partial charge in [0.05, 0.1) is 15.6 Å². The fourth-order valence-corrected chi connectivity index (χ4v) is 1.90. The third kappa shape index (κ3) is 2.75. The van der Waals surface area contributed by atoms with Crippen LogP contribution in [-0.4, -0.2) is 10.9 Å². The van der Waals surface area contributed by atoms with Gasteiger partial charge >= 0.3 is 0 Å². The Labute approximate surface area is 108 Å². The first-order valence-corrected chi connectivity index (χ1v) is 5.60. The monoisotopic (exact) mass is 266 g/mol. The van der Waals surface area contributed by atoms with E-state index in [1.165, 1.54) is 0 Å². The van der Waals surface area contributed by atoms with Crippen LogP contribution in [0.2, 0.25) is 10.0 Å². The van der Waals surface area contributed by atoms with Gasteiger partial charge in [0.15, 0.2) is 0 Å². The zero-order valence-electron chi connectivity index (χ0n) is 8.65. The summed E-state index contributed by atoms with van der Waals surface area (Å²) in [6, 6.07) is 10.1. The molecule has 0 saturated heterocycles. The predicted molar refractivity (Wildman–Crippen MR) is 68.7 cm³/mol. The van der Waals surface area contributed by atoms with Gasteiger partial charge in [0.2, 0.25) is 0 Å². The number of rotatable bonds is 2. The largest absolute Gasteiger partial charge is 0.306 e. The summed E-state index contributed by atoms with van der Waals surface area (Å²) in [7, 11) is 0. The second kappa shape index (κ2) is 5.17. The van der Waals surface area contributed by atoms with Gasteiger partial charge in [-0.2, -0.15) is 0 Å². The normalized spacial score (nSPS) is 10.0. The molecule has 0 aliphatic carbocycles. The van der Waals surface area contributed by atoms with Crippen molar-refractivity contribution < 1.29 is 4.79 Å². The number of hydrogen-bond donors (Lipinski definition) is 1. The van der Waals surface area contributed by atoms with Crippen LogP contribution in [0, 0.1) is 0 Å². The maximum absolute atomic E-state index is 11.9. The number of nitrogens with one attached hydrogen (secondary N) is 1. The maximum atomic E-state index is 11.9. The zero-order valence-corrected chi connectivity index (χ0v) is 10.2. The molecule has 0 bridgehead atoms. The number of carbonyl (C=O) groups is 1. The van der Waals surface area contributed by atoms with Crippen molar-refractivity contribution in [2.24, 2.45) is 0 Å². The third-order valence-electron chi connectivity index (χ3n) is 2.10. The van der Waals surface area contributed by atoms with E-state index in [1.807, 2.05) is 0 Å². The van der Waals surface area contributed by atoms with E-state index in [0.717, 1.165) is 0 Å². The highest BCUT2D eigenvalue weighted by atomic mass is 35.5. The molecule has 3 nitrogen and oxygen atoms in total. The first-order chi connectivity index (χ1) is 8.18. The molecule has 2 aromatic rings. The molecule has 1 N–H and O–H groups in total. The second-order valence-corrected chi connectivity index (χ2v) is 4.08. The quantitative estimate of drug-likeness (QED) is 0.902. The van der Waals surface area contributed by atoms with Gasteiger partial charge in [0.25, 0.3) is 5.91 Å². The zero-order chi connectivity index (χ0) is 12.3. The van der Waals surface area contributed by atoms with Crippen molar-refractivity contribution in [2.45, 2.75) is 0 Å². The number of benzene rings is 1. The summed E-state index contributed by atoms with van der Waals surface area (Å²) < 4.78 is 0. The number of carbonyl (C=O) groups excluding carboxylic acids is 1. The molecule has 0 unspecified atom stereocenters. The summed E-state index contributed by atoms with van der Waals surface area (Å²) in [5.74, 6) is 0.0767. The summed E-state index contributed by atoms with van der Waals surface area (Å²) in [4.78, 5) is 15.9. The molecule has 86 valence electrons. The average molecular weight is 267 g/mol. The molecule has 1 aromatic heterocycles. The molecule has 17 heavy (non-hydrogen) atoms. The van der Waals surface area contributed by atoms with Crippen molar-refractivity contribution in [1.82, 2.24) is 4.98 Å². The van der Waals surface area contributed by atoms with Gasteiger partial charge in [0.1, 0.15) is 5.82 Å². The van der Waals surface area contributed by atoms with E-state index in [2.05, 4.69) is 10.3 Å². The number of aromatic nitrogens is 1. The van der Waals surface area contributed by atoms with Crippen LogP contribution in [0.4, 0.5) is 5.82 Å². The Bertz CT molecular complexity index is 523. The standard InChI is InChI=1S/C12H8Cl2N2O/c13-8-4-3-5-9(14)11(8)12(17)16-10-6-1-2-7-15-10/h1-7H,(H,15,16,17).